The van der Waals surface area contributed by atoms with E-state index >= 15 is 0 Å². The monoisotopic (exact) mass is 672 g/mol. The third kappa shape index (κ3) is 13.0. The standard InChI is InChI=1S/C35H52N4O9/c1-8-20-47-21-11-10-13-26(33(43)44)36-31(41)28-14-12-19-39(28)32(42)29(23(3)9-2)38-30(40)27(37-34(45)48-35(4,5)6)22-24-15-17-25(46-7)18-16-24/h8,10-11,15-18,23,26-29H,1,9,12-14,19-22H2,2-7H3,(H,36,41)(H,37,45)(H,38,40)(H,43,44)/b11-10+/t23-,26-,27+,28-,29-/m0/s1. The number of alkyl carbamates (subject to hydrolysis) is 1. The largest absolute Gasteiger partial charge is 0.497 e. The maximum absolute atomic E-state index is 14.0. The Morgan fingerprint density at radius 1 is 1.04 bits per heavy atom. The Bertz CT molecular complexity index is 1280. The molecule has 4 N–H and O–H groups in total. The fourth-order valence-electron chi connectivity index (χ4n) is 5.08. The van der Waals surface area contributed by atoms with Crippen LogP contribution in [0.4, 0.5) is 4.79 Å². The molecule has 13 heteroatoms. The zero-order chi connectivity index (χ0) is 35.9. The normalized spacial score (nSPS) is 17.1. The van der Waals surface area contributed by atoms with Crippen molar-refractivity contribution in [3.8, 4) is 5.75 Å². The summed E-state index contributed by atoms with van der Waals surface area (Å²) in [7, 11) is 1.54. The van der Waals surface area contributed by atoms with Crippen molar-refractivity contribution >= 4 is 29.8 Å². The maximum atomic E-state index is 14.0. The van der Waals surface area contributed by atoms with Gasteiger partial charge in [0.1, 0.15) is 35.5 Å². The molecule has 48 heavy (non-hydrogen) atoms. The van der Waals surface area contributed by atoms with Gasteiger partial charge in [-0.15, -0.1) is 6.58 Å². The van der Waals surface area contributed by atoms with Crippen molar-refractivity contribution in [3.05, 3.63) is 54.6 Å². The number of ether oxygens (including phenoxy) is 3. The minimum Gasteiger partial charge on any atom is -0.497 e. The van der Waals surface area contributed by atoms with Crippen molar-refractivity contribution in [1.82, 2.24) is 20.9 Å². The van der Waals surface area contributed by atoms with Gasteiger partial charge in [0, 0.05) is 13.0 Å². The first-order valence-electron chi connectivity index (χ1n) is 16.3. The molecule has 266 valence electrons. The van der Waals surface area contributed by atoms with Gasteiger partial charge in [-0.2, -0.15) is 0 Å². The molecule has 5 atom stereocenters. The molecule has 0 saturated carbocycles. The average molecular weight is 673 g/mol. The second-order valence-corrected chi connectivity index (χ2v) is 12.7. The molecule has 1 aliphatic heterocycles. The van der Waals surface area contributed by atoms with Crippen LogP contribution in [0, 0.1) is 5.92 Å². The molecule has 1 aliphatic rings. The number of carboxylic acids is 1. The van der Waals surface area contributed by atoms with Crippen molar-refractivity contribution in [2.24, 2.45) is 5.92 Å². The highest BCUT2D eigenvalue weighted by Gasteiger charge is 2.40. The first-order chi connectivity index (χ1) is 22.7. The molecule has 1 fully saturated rings. The number of nitrogens with one attached hydrogen (secondary N) is 3. The predicted molar refractivity (Wildman–Crippen MR) is 180 cm³/mol. The number of carbonyl (C=O) groups excluding carboxylic acids is 4. The number of amides is 4. The van der Waals surface area contributed by atoms with Crippen LogP contribution in [-0.4, -0.2) is 96.4 Å². The molecule has 0 aromatic heterocycles. The zero-order valence-corrected chi connectivity index (χ0v) is 29.0. The lowest BCUT2D eigenvalue weighted by molar-refractivity contribution is -0.145. The summed E-state index contributed by atoms with van der Waals surface area (Å²) in [5.74, 6) is -2.53. The molecule has 0 aliphatic carbocycles. The molecular weight excluding hydrogens is 620 g/mol. The lowest BCUT2D eigenvalue weighted by Gasteiger charge is -2.32. The number of hydrogen-bond acceptors (Lipinski definition) is 8. The van der Waals surface area contributed by atoms with Gasteiger partial charge in [0.15, 0.2) is 0 Å². The van der Waals surface area contributed by atoms with Gasteiger partial charge in [-0.25, -0.2) is 9.59 Å². The summed E-state index contributed by atoms with van der Waals surface area (Å²) in [6.07, 6.45) is 5.64. The molecule has 0 bridgehead atoms. The highest BCUT2D eigenvalue weighted by molar-refractivity contribution is 5.95. The summed E-state index contributed by atoms with van der Waals surface area (Å²) < 4.78 is 15.9. The van der Waals surface area contributed by atoms with Crippen LogP contribution < -0.4 is 20.7 Å². The molecule has 0 spiro atoms. The van der Waals surface area contributed by atoms with Gasteiger partial charge in [0.2, 0.25) is 17.7 Å². The summed E-state index contributed by atoms with van der Waals surface area (Å²) >= 11 is 0. The summed E-state index contributed by atoms with van der Waals surface area (Å²) in [4.78, 5) is 67.2. The number of carbonyl (C=O) groups is 5. The lowest BCUT2D eigenvalue weighted by atomic mass is 9.96. The molecule has 13 nitrogen and oxygen atoms in total. The van der Waals surface area contributed by atoms with Gasteiger partial charge >= 0.3 is 12.1 Å². The van der Waals surface area contributed by atoms with E-state index in [-0.39, 0.29) is 31.9 Å². The van der Waals surface area contributed by atoms with Gasteiger partial charge in [-0.3, -0.25) is 14.4 Å². The Morgan fingerprint density at radius 3 is 2.31 bits per heavy atom. The van der Waals surface area contributed by atoms with E-state index < -0.39 is 59.6 Å². The fourth-order valence-corrected chi connectivity index (χ4v) is 5.08. The Kier molecular flexibility index (Phi) is 16.1. The smallest absolute Gasteiger partial charge is 0.408 e. The van der Waals surface area contributed by atoms with Crippen molar-refractivity contribution in [3.63, 3.8) is 0 Å². The maximum Gasteiger partial charge on any atom is 0.408 e. The summed E-state index contributed by atoms with van der Waals surface area (Å²) in [6, 6.07) is 2.83. The summed E-state index contributed by atoms with van der Waals surface area (Å²) in [5, 5.41) is 17.8. The molecule has 1 heterocycles. The van der Waals surface area contributed by atoms with Crippen LogP contribution in [0.25, 0.3) is 0 Å². The topological polar surface area (TPSA) is 173 Å². The van der Waals surface area contributed by atoms with E-state index in [2.05, 4.69) is 22.5 Å². The van der Waals surface area contributed by atoms with Crippen molar-refractivity contribution < 1.29 is 43.3 Å². The van der Waals surface area contributed by atoms with E-state index in [4.69, 9.17) is 14.2 Å². The van der Waals surface area contributed by atoms with E-state index in [9.17, 15) is 29.1 Å². The minimum atomic E-state index is -1.21. The summed E-state index contributed by atoms with van der Waals surface area (Å²) in [6.45, 7) is 13.3. The van der Waals surface area contributed by atoms with E-state index in [0.29, 0.717) is 31.6 Å². The van der Waals surface area contributed by atoms with E-state index in [1.165, 1.54) is 4.90 Å². The van der Waals surface area contributed by atoms with Crippen LogP contribution in [0.1, 0.15) is 65.9 Å². The number of rotatable bonds is 18. The van der Waals surface area contributed by atoms with E-state index in [1.807, 2.05) is 13.8 Å². The van der Waals surface area contributed by atoms with Crippen LogP contribution in [0.5, 0.6) is 5.75 Å². The quantitative estimate of drug-likeness (QED) is 0.135. The Morgan fingerprint density at radius 2 is 1.73 bits per heavy atom. The first-order valence-corrected chi connectivity index (χ1v) is 16.3. The van der Waals surface area contributed by atoms with Gasteiger partial charge in [-0.1, -0.05) is 50.6 Å². The molecule has 1 aromatic carbocycles. The Labute approximate surface area is 283 Å². The number of aliphatic carboxylic acids is 1. The van der Waals surface area contributed by atoms with Gasteiger partial charge in [0.05, 0.1) is 20.3 Å². The number of likely N-dealkylation sites (tertiary alicyclic amines) is 1. The third-order valence-corrected chi connectivity index (χ3v) is 7.82. The number of methoxy groups -OCH3 is 1. The van der Waals surface area contributed by atoms with Crippen LogP contribution in [-0.2, 0) is 35.1 Å². The van der Waals surface area contributed by atoms with Crippen molar-refractivity contribution in [1.29, 1.82) is 0 Å². The third-order valence-electron chi connectivity index (χ3n) is 7.82. The lowest BCUT2D eigenvalue weighted by Crippen LogP contribution is -2.59. The van der Waals surface area contributed by atoms with E-state index in [1.54, 1.807) is 70.4 Å². The zero-order valence-electron chi connectivity index (χ0n) is 29.0. The average Bonchev–Trinajstić information content (AvgIpc) is 3.53. The molecule has 4 amide bonds. The Hall–Kier alpha value is -4.39. The van der Waals surface area contributed by atoms with Crippen LogP contribution in [0.15, 0.2) is 49.1 Å². The molecule has 0 radical (unpaired) electrons. The molecule has 1 aromatic rings. The van der Waals surface area contributed by atoms with Crippen molar-refractivity contribution in [2.75, 3.05) is 26.9 Å². The van der Waals surface area contributed by atoms with Crippen LogP contribution in [0.3, 0.4) is 0 Å². The fraction of sp³-hybridized carbons (Fsp3) is 0.571. The molecule has 2 rings (SSSR count). The highest BCUT2D eigenvalue weighted by Crippen LogP contribution is 2.22. The molecule has 1 saturated heterocycles. The Balaban J connectivity index is 2.23. The summed E-state index contributed by atoms with van der Waals surface area (Å²) in [5.41, 5.74) is -0.0662. The predicted octanol–water partition coefficient (Wildman–Crippen LogP) is 3.37. The first kappa shape index (κ1) is 39.8. The van der Waals surface area contributed by atoms with E-state index in [0.717, 1.165) is 5.56 Å². The number of carboxylic acid groups (broad SMARTS) is 1. The van der Waals surface area contributed by atoms with Gasteiger partial charge in [0.25, 0.3) is 0 Å². The number of nitrogens with zero attached hydrogens (tertiary/aromatic N) is 1. The van der Waals surface area contributed by atoms with Crippen LogP contribution >= 0.6 is 0 Å². The van der Waals surface area contributed by atoms with Crippen molar-refractivity contribution in [2.45, 2.75) is 96.5 Å². The SMILES string of the molecule is C=CCOC/C=C/C[C@H](NC(=O)[C@@H]1CCCN1C(=O)[C@@H](NC(=O)[C@@H](Cc1ccc(OC)cc1)NC(=O)OC(C)(C)C)[C@@H](C)CC)C(=O)O. The number of benzene rings is 1. The minimum absolute atomic E-state index is 0.0327. The highest BCUT2D eigenvalue weighted by atomic mass is 16.6. The van der Waals surface area contributed by atoms with Gasteiger partial charge in [-0.05, 0) is 63.6 Å². The number of hydrogen-bond donors (Lipinski definition) is 4. The second kappa shape index (κ2) is 19.4. The second-order valence-electron chi connectivity index (χ2n) is 12.7. The van der Waals surface area contributed by atoms with Crippen LogP contribution in [0.2, 0.25) is 0 Å². The molecule has 0 unspecified atom stereocenters. The molecular formula is C35H52N4O9. The van der Waals surface area contributed by atoms with Gasteiger partial charge < -0.3 is 40.2 Å².